The van der Waals surface area contributed by atoms with E-state index in [0.29, 0.717) is 12.0 Å². The number of aromatic nitrogens is 2. The SMILES string of the molecule is CCC(NCC1CCCC(O)C1)c1cnn(C)c1. The summed E-state index contributed by atoms with van der Waals surface area (Å²) in [6, 6.07) is 0.387. The molecule has 0 aliphatic heterocycles. The number of aliphatic hydroxyl groups is 1. The minimum absolute atomic E-state index is 0.0796. The fourth-order valence-corrected chi connectivity index (χ4v) is 2.87. The highest BCUT2D eigenvalue weighted by Gasteiger charge is 2.21. The summed E-state index contributed by atoms with van der Waals surface area (Å²) in [6.45, 7) is 3.20. The van der Waals surface area contributed by atoms with Crippen molar-refractivity contribution in [2.45, 2.75) is 51.2 Å². The Morgan fingerprint density at radius 3 is 3.00 bits per heavy atom. The second-order valence-electron chi connectivity index (χ2n) is 5.50. The number of nitrogens with zero attached hydrogens (tertiary/aromatic N) is 2. The Morgan fingerprint density at radius 1 is 1.56 bits per heavy atom. The van der Waals surface area contributed by atoms with Crippen molar-refractivity contribution in [3.63, 3.8) is 0 Å². The molecule has 1 saturated carbocycles. The van der Waals surface area contributed by atoms with Gasteiger partial charge in [-0.2, -0.15) is 5.10 Å². The minimum Gasteiger partial charge on any atom is -0.393 e. The molecule has 1 aromatic heterocycles. The van der Waals surface area contributed by atoms with E-state index < -0.39 is 0 Å². The minimum atomic E-state index is -0.0796. The Kier molecular flexibility index (Phi) is 4.78. The lowest BCUT2D eigenvalue weighted by Gasteiger charge is -2.27. The lowest BCUT2D eigenvalue weighted by molar-refractivity contribution is 0.0995. The summed E-state index contributed by atoms with van der Waals surface area (Å²) >= 11 is 0. The van der Waals surface area contributed by atoms with Crippen LogP contribution in [0.1, 0.15) is 50.6 Å². The van der Waals surface area contributed by atoms with Crippen molar-refractivity contribution in [3.05, 3.63) is 18.0 Å². The molecule has 0 amide bonds. The van der Waals surface area contributed by atoms with Gasteiger partial charge in [0.1, 0.15) is 0 Å². The molecule has 0 bridgehead atoms. The third-order valence-electron chi connectivity index (χ3n) is 3.94. The summed E-state index contributed by atoms with van der Waals surface area (Å²) in [5, 5.41) is 17.5. The predicted molar refractivity (Wildman–Crippen MR) is 72.2 cm³/mol. The third-order valence-corrected chi connectivity index (χ3v) is 3.94. The second-order valence-corrected chi connectivity index (χ2v) is 5.50. The van der Waals surface area contributed by atoms with Crippen LogP contribution in [0.25, 0.3) is 0 Å². The lowest BCUT2D eigenvalue weighted by atomic mass is 9.87. The van der Waals surface area contributed by atoms with E-state index in [1.54, 1.807) is 0 Å². The van der Waals surface area contributed by atoms with Gasteiger partial charge in [-0.3, -0.25) is 4.68 Å². The molecule has 0 spiro atoms. The number of rotatable bonds is 5. The first-order chi connectivity index (χ1) is 8.69. The highest BCUT2D eigenvalue weighted by molar-refractivity contribution is 5.09. The Labute approximate surface area is 109 Å². The van der Waals surface area contributed by atoms with E-state index in [2.05, 4.69) is 23.5 Å². The van der Waals surface area contributed by atoms with Gasteiger partial charge in [-0.25, -0.2) is 0 Å². The molecule has 4 heteroatoms. The van der Waals surface area contributed by atoms with Crippen molar-refractivity contribution in [2.75, 3.05) is 6.54 Å². The van der Waals surface area contributed by atoms with Gasteiger partial charge < -0.3 is 10.4 Å². The largest absolute Gasteiger partial charge is 0.393 e. The van der Waals surface area contributed by atoms with Gasteiger partial charge >= 0.3 is 0 Å². The highest BCUT2D eigenvalue weighted by Crippen LogP contribution is 2.25. The Hall–Kier alpha value is -0.870. The Morgan fingerprint density at radius 2 is 2.39 bits per heavy atom. The number of aliphatic hydroxyl groups excluding tert-OH is 1. The lowest BCUT2D eigenvalue weighted by Crippen LogP contribution is -2.31. The van der Waals surface area contributed by atoms with Gasteiger partial charge in [-0.15, -0.1) is 0 Å². The quantitative estimate of drug-likeness (QED) is 0.841. The first kappa shape index (κ1) is 13.6. The normalized spacial score (nSPS) is 26.2. The van der Waals surface area contributed by atoms with E-state index in [1.165, 1.54) is 12.0 Å². The molecule has 18 heavy (non-hydrogen) atoms. The Bertz CT molecular complexity index is 364. The van der Waals surface area contributed by atoms with E-state index in [-0.39, 0.29) is 6.10 Å². The molecule has 102 valence electrons. The first-order valence-corrected chi connectivity index (χ1v) is 7.09. The van der Waals surface area contributed by atoms with Crippen LogP contribution < -0.4 is 5.32 Å². The van der Waals surface area contributed by atoms with Crippen LogP contribution in [-0.4, -0.2) is 27.5 Å². The highest BCUT2D eigenvalue weighted by atomic mass is 16.3. The molecule has 2 N–H and O–H groups in total. The molecule has 0 radical (unpaired) electrons. The average molecular weight is 251 g/mol. The van der Waals surface area contributed by atoms with Gasteiger partial charge in [0.15, 0.2) is 0 Å². The van der Waals surface area contributed by atoms with E-state index in [4.69, 9.17) is 0 Å². The van der Waals surface area contributed by atoms with Gasteiger partial charge in [-0.1, -0.05) is 13.3 Å². The maximum absolute atomic E-state index is 9.68. The van der Waals surface area contributed by atoms with Gasteiger partial charge in [0.25, 0.3) is 0 Å². The van der Waals surface area contributed by atoms with Crippen LogP contribution in [0.4, 0.5) is 0 Å². The van der Waals surface area contributed by atoms with Crippen molar-refractivity contribution < 1.29 is 5.11 Å². The van der Waals surface area contributed by atoms with E-state index in [9.17, 15) is 5.11 Å². The molecule has 4 nitrogen and oxygen atoms in total. The standard InChI is InChI=1S/C14H25N3O/c1-3-14(12-9-16-17(2)10-12)15-8-11-5-4-6-13(18)7-11/h9-11,13-15,18H,3-8H2,1-2H3. The molecular formula is C14H25N3O. The van der Waals surface area contributed by atoms with Crippen molar-refractivity contribution in [3.8, 4) is 0 Å². The smallest absolute Gasteiger partial charge is 0.0543 e. The average Bonchev–Trinajstić information content (AvgIpc) is 2.77. The summed E-state index contributed by atoms with van der Waals surface area (Å²) < 4.78 is 1.85. The van der Waals surface area contributed by atoms with Crippen LogP contribution in [0.3, 0.4) is 0 Å². The van der Waals surface area contributed by atoms with E-state index in [1.807, 2.05) is 17.9 Å². The molecule has 1 heterocycles. The Balaban J connectivity index is 1.83. The maximum atomic E-state index is 9.68. The summed E-state index contributed by atoms with van der Waals surface area (Å²) in [4.78, 5) is 0. The third kappa shape index (κ3) is 3.56. The van der Waals surface area contributed by atoms with E-state index >= 15 is 0 Å². The van der Waals surface area contributed by atoms with Crippen molar-refractivity contribution in [1.29, 1.82) is 0 Å². The number of hydrogen-bond donors (Lipinski definition) is 2. The maximum Gasteiger partial charge on any atom is 0.0543 e. The van der Waals surface area contributed by atoms with Crippen LogP contribution in [-0.2, 0) is 7.05 Å². The summed E-state index contributed by atoms with van der Waals surface area (Å²) in [5.74, 6) is 0.625. The van der Waals surface area contributed by atoms with Gasteiger partial charge in [0.2, 0.25) is 0 Å². The van der Waals surface area contributed by atoms with Gasteiger partial charge in [0, 0.05) is 24.8 Å². The van der Waals surface area contributed by atoms with Crippen LogP contribution in [0.5, 0.6) is 0 Å². The zero-order valence-corrected chi connectivity index (χ0v) is 11.5. The molecule has 2 rings (SSSR count). The summed E-state index contributed by atoms with van der Waals surface area (Å²) in [7, 11) is 1.95. The van der Waals surface area contributed by atoms with Crippen molar-refractivity contribution >= 4 is 0 Å². The zero-order chi connectivity index (χ0) is 13.0. The van der Waals surface area contributed by atoms with E-state index in [0.717, 1.165) is 32.2 Å². The van der Waals surface area contributed by atoms with Crippen molar-refractivity contribution in [1.82, 2.24) is 15.1 Å². The first-order valence-electron chi connectivity index (χ1n) is 7.09. The monoisotopic (exact) mass is 251 g/mol. The van der Waals surface area contributed by atoms with Crippen LogP contribution >= 0.6 is 0 Å². The second kappa shape index (κ2) is 6.34. The summed E-state index contributed by atoms with van der Waals surface area (Å²) in [6.07, 6.45) is 9.36. The molecule has 3 atom stereocenters. The number of aryl methyl sites for hydroxylation is 1. The number of nitrogens with one attached hydrogen (secondary N) is 1. The fourth-order valence-electron chi connectivity index (χ4n) is 2.87. The molecule has 3 unspecified atom stereocenters. The molecule has 1 aliphatic carbocycles. The van der Waals surface area contributed by atoms with Crippen LogP contribution in [0, 0.1) is 5.92 Å². The van der Waals surface area contributed by atoms with Crippen molar-refractivity contribution in [2.24, 2.45) is 13.0 Å². The zero-order valence-electron chi connectivity index (χ0n) is 11.5. The molecule has 0 saturated heterocycles. The molecule has 0 aromatic carbocycles. The molecule has 1 aromatic rings. The fraction of sp³-hybridized carbons (Fsp3) is 0.786. The topological polar surface area (TPSA) is 50.1 Å². The number of hydrogen-bond acceptors (Lipinski definition) is 3. The molecule has 1 fully saturated rings. The molecule has 1 aliphatic rings. The predicted octanol–water partition coefficient (Wildman–Crippen LogP) is 2.01. The van der Waals surface area contributed by atoms with Gasteiger partial charge in [0.05, 0.1) is 12.3 Å². The summed E-state index contributed by atoms with van der Waals surface area (Å²) in [5.41, 5.74) is 1.26. The van der Waals surface area contributed by atoms with Crippen LogP contribution in [0.2, 0.25) is 0 Å². The van der Waals surface area contributed by atoms with Crippen LogP contribution in [0.15, 0.2) is 12.4 Å². The molecular weight excluding hydrogens is 226 g/mol. The van der Waals surface area contributed by atoms with Gasteiger partial charge in [-0.05, 0) is 38.1 Å².